The SMILES string of the molecule is COc1ccc2cc3n(c2c1)C[C@](C)(C(=O)NC[C@H]1CCCO1)N(Cc1ccc(F)cc1)C3=O. The Labute approximate surface area is 197 Å². The van der Waals surface area contributed by atoms with Crippen LogP contribution in [-0.4, -0.2) is 53.2 Å². The van der Waals surface area contributed by atoms with Crippen molar-refractivity contribution in [2.75, 3.05) is 20.3 Å². The van der Waals surface area contributed by atoms with E-state index in [1.54, 1.807) is 31.1 Å². The number of benzene rings is 2. The molecule has 34 heavy (non-hydrogen) atoms. The zero-order valence-corrected chi connectivity index (χ0v) is 19.3. The molecule has 1 fully saturated rings. The molecule has 0 spiro atoms. The molecule has 2 aromatic carbocycles. The number of nitrogens with zero attached hydrogens (tertiary/aromatic N) is 2. The number of hydrogen-bond acceptors (Lipinski definition) is 4. The number of carbonyl (C=O) groups excluding carboxylic acids is 2. The molecule has 178 valence electrons. The Bertz CT molecular complexity index is 1230. The Balaban J connectivity index is 1.53. The van der Waals surface area contributed by atoms with E-state index in [-0.39, 0.29) is 36.8 Å². The van der Waals surface area contributed by atoms with Crippen molar-refractivity contribution in [3.63, 3.8) is 0 Å². The van der Waals surface area contributed by atoms with Crippen LogP contribution in [0.15, 0.2) is 48.5 Å². The summed E-state index contributed by atoms with van der Waals surface area (Å²) >= 11 is 0. The summed E-state index contributed by atoms with van der Waals surface area (Å²) in [6.07, 6.45) is 1.87. The molecule has 2 atom stereocenters. The van der Waals surface area contributed by atoms with Gasteiger partial charge in [0, 0.05) is 31.1 Å². The van der Waals surface area contributed by atoms with Crippen LogP contribution in [0, 0.1) is 5.82 Å². The van der Waals surface area contributed by atoms with Gasteiger partial charge in [0.1, 0.15) is 22.8 Å². The number of rotatable bonds is 6. The molecule has 1 saturated heterocycles. The minimum absolute atomic E-state index is 0.00961. The van der Waals surface area contributed by atoms with Crippen LogP contribution < -0.4 is 10.1 Å². The average Bonchev–Trinajstić information content (AvgIpc) is 3.49. The monoisotopic (exact) mass is 465 g/mol. The van der Waals surface area contributed by atoms with Crippen molar-refractivity contribution in [2.45, 2.75) is 44.5 Å². The van der Waals surface area contributed by atoms with Gasteiger partial charge in [-0.25, -0.2) is 4.39 Å². The smallest absolute Gasteiger partial charge is 0.271 e. The van der Waals surface area contributed by atoms with Crippen LogP contribution in [0.1, 0.15) is 35.8 Å². The van der Waals surface area contributed by atoms with Crippen molar-refractivity contribution in [3.8, 4) is 5.75 Å². The van der Waals surface area contributed by atoms with Gasteiger partial charge in [-0.1, -0.05) is 12.1 Å². The topological polar surface area (TPSA) is 72.8 Å². The minimum Gasteiger partial charge on any atom is -0.497 e. The predicted molar refractivity (Wildman–Crippen MR) is 125 cm³/mol. The molecular formula is C26H28FN3O4. The standard InChI is InChI=1S/C26H28FN3O4/c1-26(25(32)28-14-21-4-3-11-34-21)16-29-22-13-20(33-2)10-7-18(22)12-23(29)24(31)30(26)15-17-5-8-19(27)9-6-17/h5-10,12-13,21H,3-4,11,14-16H2,1-2H3,(H,28,32)/t21-,26-/m1/s1. The normalized spacial score (nSPS) is 22.1. The highest BCUT2D eigenvalue weighted by molar-refractivity contribution is 6.03. The highest BCUT2D eigenvalue weighted by Crippen LogP contribution is 2.35. The van der Waals surface area contributed by atoms with Crippen molar-refractivity contribution < 1.29 is 23.5 Å². The summed E-state index contributed by atoms with van der Waals surface area (Å²) in [5, 5.41) is 3.92. The second-order valence-corrected chi connectivity index (χ2v) is 9.18. The molecule has 3 heterocycles. The number of hydrogen-bond donors (Lipinski definition) is 1. The lowest BCUT2D eigenvalue weighted by atomic mass is 9.93. The largest absolute Gasteiger partial charge is 0.497 e. The van der Waals surface area contributed by atoms with Crippen molar-refractivity contribution in [1.82, 2.24) is 14.8 Å². The van der Waals surface area contributed by atoms with Gasteiger partial charge in [0.25, 0.3) is 5.91 Å². The third-order valence-electron chi connectivity index (χ3n) is 6.89. The van der Waals surface area contributed by atoms with Gasteiger partial charge in [0.15, 0.2) is 0 Å². The summed E-state index contributed by atoms with van der Waals surface area (Å²) in [5.74, 6) is -0.159. The molecule has 1 N–H and O–H groups in total. The lowest BCUT2D eigenvalue weighted by Gasteiger charge is -2.44. The Hall–Kier alpha value is -3.39. The second-order valence-electron chi connectivity index (χ2n) is 9.18. The molecule has 1 aromatic heterocycles. The van der Waals surface area contributed by atoms with Crippen LogP contribution in [0.4, 0.5) is 4.39 Å². The van der Waals surface area contributed by atoms with E-state index in [4.69, 9.17) is 9.47 Å². The summed E-state index contributed by atoms with van der Waals surface area (Å²) < 4.78 is 26.4. The Kier molecular flexibility index (Phi) is 5.77. The maximum absolute atomic E-state index is 13.8. The number of fused-ring (bicyclic) bond motifs is 3. The van der Waals surface area contributed by atoms with Crippen LogP contribution in [0.25, 0.3) is 10.9 Å². The van der Waals surface area contributed by atoms with Crippen LogP contribution in [-0.2, 0) is 22.6 Å². The van der Waals surface area contributed by atoms with Gasteiger partial charge in [-0.3, -0.25) is 9.59 Å². The van der Waals surface area contributed by atoms with Crippen molar-refractivity contribution in [1.29, 1.82) is 0 Å². The number of ether oxygens (including phenoxy) is 2. The van der Waals surface area contributed by atoms with Gasteiger partial charge in [0.05, 0.1) is 25.3 Å². The third kappa shape index (κ3) is 3.92. The molecule has 0 bridgehead atoms. The number of carbonyl (C=O) groups is 2. The first-order chi connectivity index (χ1) is 16.4. The fourth-order valence-electron chi connectivity index (χ4n) is 4.88. The van der Waals surface area contributed by atoms with Crippen molar-refractivity contribution >= 4 is 22.7 Å². The maximum Gasteiger partial charge on any atom is 0.271 e. The fraction of sp³-hybridized carbons (Fsp3) is 0.385. The number of nitrogens with one attached hydrogen (secondary N) is 1. The lowest BCUT2D eigenvalue weighted by Crippen LogP contribution is -2.64. The Morgan fingerprint density at radius 1 is 1.24 bits per heavy atom. The molecule has 0 radical (unpaired) electrons. The van der Waals surface area contributed by atoms with Crippen LogP contribution in [0.3, 0.4) is 0 Å². The van der Waals surface area contributed by atoms with E-state index in [0.29, 0.717) is 24.6 Å². The van der Waals surface area contributed by atoms with Gasteiger partial charge in [-0.05, 0) is 55.7 Å². The molecule has 5 rings (SSSR count). The molecule has 0 unspecified atom stereocenters. The quantitative estimate of drug-likeness (QED) is 0.605. The van der Waals surface area contributed by atoms with E-state index >= 15 is 0 Å². The lowest BCUT2D eigenvalue weighted by molar-refractivity contribution is -0.133. The molecule has 7 nitrogen and oxygen atoms in total. The van der Waals surface area contributed by atoms with Crippen LogP contribution in [0.2, 0.25) is 0 Å². The fourth-order valence-corrected chi connectivity index (χ4v) is 4.88. The number of aromatic nitrogens is 1. The summed E-state index contributed by atoms with van der Waals surface area (Å²) in [7, 11) is 1.60. The zero-order chi connectivity index (χ0) is 23.9. The Morgan fingerprint density at radius 2 is 2.03 bits per heavy atom. The molecule has 0 aliphatic carbocycles. The van der Waals surface area contributed by atoms with Crippen LogP contribution in [0.5, 0.6) is 5.75 Å². The van der Waals surface area contributed by atoms with Crippen molar-refractivity contribution in [3.05, 3.63) is 65.6 Å². The molecule has 2 aliphatic rings. The highest BCUT2D eigenvalue weighted by Gasteiger charge is 2.47. The molecule has 0 saturated carbocycles. The first kappa shape index (κ1) is 22.4. The third-order valence-corrected chi connectivity index (χ3v) is 6.89. The molecular weight excluding hydrogens is 437 g/mol. The summed E-state index contributed by atoms with van der Waals surface area (Å²) in [5.41, 5.74) is 0.933. The van der Waals surface area contributed by atoms with Gasteiger partial charge < -0.3 is 24.3 Å². The van der Waals surface area contributed by atoms with Gasteiger partial charge in [-0.15, -0.1) is 0 Å². The van der Waals surface area contributed by atoms with Crippen molar-refractivity contribution in [2.24, 2.45) is 0 Å². The predicted octanol–water partition coefficient (Wildman–Crippen LogP) is 3.50. The van der Waals surface area contributed by atoms with Gasteiger partial charge >= 0.3 is 0 Å². The average molecular weight is 466 g/mol. The number of amides is 2. The van der Waals surface area contributed by atoms with E-state index < -0.39 is 5.54 Å². The summed E-state index contributed by atoms with van der Waals surface area (Å²) in [6, 6.07) is 13.5. The second kappa shape index (κ2) is 8.76. The summed E-state index contributed by atoms with van der Waals surface area (Å²) in [4.78, 5) is 29.0. The Morgan fingerprint density at radius 3 is 2.74 bits per heavy atom. The summed E-state index contributed by atoms with van der Waals surface area (Å²) in [6.45, 7) is 3.36. The number of halogens is 1. The zero-order valence-electron chi connectivity index (χ0n) is 19.3. The van der Waals surface area contributed by atoms with E-state index in [1.165, 1.54) is 12.1 Å². The molecule has 2 aliphatic heterocycles. The first-order valence-electron chi connectivity index (χ1n) is 11.5. The highest BCUT2D eigenvalue weighted by atomic mass is 19.1. The van der Waals surface area contributed by atoms with E-state index in [1.807, 2.05) is 28.8 Å². The molecule has 2 amide bonds. The van der Waals surface area contributed by atoms with Gasteiger partial charge in [-0.2, -0.15) is 0 Å². The van der Waals surface area contributed by atoms with Gasteiger partial charge in [0.2, 0.25) is 5.91 Å². The van der Waals surface area contributed by atoms with E-state index in [9.17, 15) is 14.0 Å². The maximum atomic E-state index is 13.8. The minimum atomic E-state index is -1.16. The molecule has 8 heteroatoms. The first-order valence-corrected chi connectivity index (χ1v) is 11.5. The van der Waals surface area contributed by atoms with E-state index in [0.717, 1.165) is 29.3 Å². The number of methoxy groups -OCH3 is 1. The molecule has 3 aromatic rings. The van der Waals surface area contributed by atoms with Crippen LogP contribution >= 0.6 is 0 Å². The van der Waals surface area contributed by atoms with E-state index in [2.05, 4.69) is 5.32 Å².